The monoisotopic (exact) mass is 925 g/mol. The molecule has 1 aliphatic rings. The molecule has 0 aromatic heterocycles. The average Bonchev–Trinajstić information content (AvgIpc) is 3.76. The van der Waals surface area contributed by atoms with Crippen LogP contribution in [0.3, 0.4) is 0 Å². The van der Waals surface area contributed by atoms with Crippen molar-refractivity contribution in [1.29, 1.82) is 0 Å². The van der Waals surface area contributed by atoms with E-state index >= 15 is 0 Å². The van der Waals surface area contributed by atoms with Crippen LogP contribution >= 0.6 is 0 Å². The van der Waals surface area contributed by atoms with Crippen LogP contribution in [0.25, 0.3) is 0 Å². The first-order valence-corrected chi connectivity index (χ1v) is 23.5. The number of carbonyl (C=O) groups excluding carboxylic acids is 7. The summed E-state index contributed by atoms with van der Waals surface area (Å²) >= 11 is 0. The lowest BCUT2D eigenvalue weighted by atomic mass is 9.99. The molecule has 6 amide bonds. The average molecular weight is 925 g/mol. The molecule has 0 bridgehead atoms. The number of esters is 1. The van der Waals surface area contributed by atoms with E-state index in [2.05, 4.69) is 26.6 Å². The fourth-order valence-corrected chi connectivity index (χ4v) is 7.85. The standard InChI is InChI=1S/C52H72N6O9/c1-33(2)28-39(47(61)57-44(35(5)6)50(64)66-32-38-24-17-12-18-25-38)53-46(60)41(30-36-20-13-10-14-21-36)54-48(62)43-26-19-27-58(43)49(63)42(31-37-22-15-11-16-23-37)55-45(59)40(29-34(3)4)56-51(65)67-52(7,8)9/h10-18,20-25,33-35,39-44H,19,26-32H2,1-9H3,(H,53,60)(H,54,62)(H,55,59)(H,56,65)(H,57,61)/t39-,40+,41+,42-,43+,44+/m1/s1. The molecule has 0 saturated carbocycles. The summed E-state index contributed by atoms with van der Waals surface area (Å²) in [5.74, 6) is -3.80. The number of carbonyl (C=O) groups is 7. The summed E-state index contributed by atoms with van der Waals surface area (Å²) in [7, 11) is 0. The lowest BCUT2D eigenvalue weighted by Gasteiger charge is -2.31. The zero-order valence-corrected chi connectivity index (χ0v) is 40.6. The summed E-state index contributed by atoms with van der Waals surface area (Å²) in [6, 6.07) is 21.2. The molecule has 0 spiro atoms. The van der Waals surface area contributed by atoms with Crippen LogP contribution in [0.1, 0.15) is 105 Å². The van der Waals surface area contributed by atoms with Crippen molar-refractivity contribution in [3.63, 3.8) is 0 Å². The van der Waals surface area contributed by atoms with E-state index in [-0.39, 0.29) is 56.6 Å². The molecule has 3 aromatic rings. The maximum absolute atomic E-state index is 14.6. The van der Waals surface area contributed by atoms with Gasteiger partial charge in [0.05, 0.1) is 0 Å². The van der Waals surface area contributed by atoms with Gasteiger partial charge < -0.3 is 41.0 Å². The van der Waals surface area contributed by atoms with E-state index in [9.17, 15) is 33.6 Å². The molecule has 1 saturated heterocycles. The molecule has 0 unspecified atom stereocenters. The predicted molar refractivity (Wildman–Crippen MR) is 256 cm³/mol. The number of nitrogens with one attached hydrogen (secondary N) is 5. The van der Waals surface area contributed by atoms with E-state index in [4.69, 9.17) is 9.47 Å². The van der Waals surface area contributed by atoms with Gasteiger partial charge >= 0.3 is 12.1 Å². The number of amides is 6. The normalized spacial score (nSPS) is 16.0. The molecular formula is C52H72N6O9. The third-order valence-electron chi connectivity index (χ3n) is 11.1. The van der Waals surface area contributed by atoms with E-state index in [1.54, 1.807) is 34.6 Å². The fourth-order valence-electron chi connectivity index (χ4n) is 7.85. The molecule has 4 rings (SSSR count). The van der Waals surface area contributed by atoms with Gasteiger partial charge in [0.2, 0.25) is 29.5 Å². The molecule has 0 aliphatic carbocycles. The van der Waals surface area contributed by atoms with Gasteiger partial charge in [-0.15, -0.1) is 0 Å². The smallest absolute Gasteiger partial charge is 0.408 e. The third kappa shape index (κ3) is 17.8. The Hall–Kier alpha value is -6.25. The van der Waals surface area contributed by atoms with Gasteiger partial charge in [-0.3, -0.25) is 24.0 Å². The maximum Gasteiger partial charge on any atom is 0.408 e. The second-order valence-corrected chi connectivity index (χ2v) is 19.5. The summed E-state index contributed by atoms with van der Waals surface area (Å²) in [6.07, 6.45) is 0.716. The van der Waals surface area contributed by atoms with Crippen LogP contribution < -0.4 is 26.6 Å². The zero-order valence-electron chi connectivity index (χ0n) is 40.6. The van der Waals surface area contributed by atoms with Crippen LogP contribution in [0.5, 0.6) is 0 Å². The molecule has 6 atom stereocenters. The zero-order chi connectivity index (χ0) is 49.3. The topological polar surface area (TPSA) is 201 Å². The van der Waals surface area contributed by atoms with E-state index in [0.29, 0.717) is 12.8 Å². The number of alkyl carbamates (subject to hydrolysis) is 1. The number of likely N-dealkylation sites (tertiary alicyclic amines) is 1. The third-order valence-corrected chi connectivity index (χ3v) is 11.1. The van der Waals surface area contributed by atoms with Crippen LogP contribution in [-0.4, -0.2) is 94.9 Å². The lowest BCUT2D eigenvalue weighted by molar-refractivity contribution is -0.150. The first-order chi connectivity index (χ1) is 31.7. The predicted octanol–water partition coefficient (Wildman–Crippen LogP) is 5.79. The number of hydrogen-bond donors (Lipinski definition) is 5. The minimum absolute atomic E-state index is 0.00242. The highest BCUT2D eigenvalue weighted by atomic mass is 16.6. The Morgan fingerprint density at radius 1 is 0.597 bits per heavy atom. The van der Waals surface area contributed by atoms with Crippen molar-refractivity contribution in [3.05, 3.63) is 108 Å². The van der Waals surface area contributed by atoms with Gasteiger partial charge in [-0.2, -0.15) is 0 Å². The maximum atomic E-state index is 14.6. The van der Waals surface area contributed by atoms with E-state index in [0.717, 1.165) is 16.7 Å². The van der Waals surface area contributed by atoms with Crippen LogP contribution in [0, 0.1) is 17.8 Å². The Kier molecular flexibility index (Phi) is 20.4. The summed E-state index contributed by atoms with van der Waals surface area (Å²) in [6.45, 7) is 16.6. The van der Waals surface area contributed by atoms with E-state index < -0.39 is 83.5 Å². The van der Waals surface area contributed by atoms with Crippen molar-refractivity contribution in [2.75, 3.05) is 6.54 Å². The number of hydrogen-bond acceptors (Lipinski definition) is 9. The highest BCUT2D eigenvalue weighted by Gasteiger charge is 2.40. The fraction of sp³-hybridized carbons (Fsp3) is 0.519. The van der Waals surface area contributed by atoms with Crippen LogP contribution in [-0.2, 0) is 57.7 Å². The summed E-state index contributed by atoms with van der Waals surface area (Å²) in [5.41, 5.74) is 1.51. The van der Waals surface area contributed by atoms with Crippen molar-refractivity contribution in [2.45, 2.75) is 149 Å². The molecule has 1 fully saturated rings. The molecule has 1 aliphatic heterocycles. The van der Waals surface area contributed by atoms with E-state index in [1.165, 1.54) is 4.90 Å². The summed E-state index contributed by atoms with van der Waals surface area (Å²) in [5, 5.41) is 14.2. The Bertz CT molecular complexity index is 2090. The molecule has 15 heteroatoms. The molecule has 67 heavy (non-hydrogen) atoms. The molecule has 1 heterocycles. The van der Waals surface area contributed by atoms with Crippen LogP contribution in [0.15, 0.2) is 91.0 Å². The molecule has 3 aromatic carbocycles. The number of benzene rings is 3. The van der Waals surface area contributed by atoms with Gasteiger partial charge in [-0.25, -0.2) is 9.59 Å². The van der Waals surface area contributed by atoms with Crippen molar-refractivity contribution >= 4 is 41.6 Å². The molecule has 364 valence electrons. The van der Waals surface area contributed by atoms with Gasteiger partial charge in [-0.05, 0) is 80.9 Å². The first kappa shape index (κ1) is 53.4. The lowest BCUT2D eigenvalue weighted by Crippen LogP contribution is -2.60. The van der Waals surface area contributed by atoms with Crippen molar-refractivity contribution in [2.24, 2.45) is 17.8 Å². The van der Waals surface area contributed by atoms with Crippen LogP contribution in [0.2, 0.25) is 0 Å². The second-order valence-electron chi connectivity index (χ2n) is 19.5. The Morgan fingerprint density at radius 3 is 1.57 bits per heavy atom. The molecule has 5 N–H and O–H groups in total. The molecular weight excluding hydrogens is 853 g/mol. The van der Waals surface area contributed by atoms with Gasteiger partial charge in [0, 0.05) is 19.4 Å². The number of nitrogens with zero attached hydrogens (tertiary/aromatic N) is 1. The number of ether oxygens (including phenoxy) is 2. The first-order valence-electron chi connectivity index (χ1n) is 23.5. The molecule has 15 nitrogen and oxygen atoms in total. The SMILES string of the molecule is CC(C)C[C@H](NC(=O)OC(C)(C)C)C(=O)N[C@H](Cc1ccccc1)C(=O)N1CCC[C@H]1C(=O)N[C@@H](Cc1ccccc1)C(=O)N[C@H](CC(C)C)C(=O)N[C@H](C(=O)OCc1ccccc1)C(C)C. The van der Waals surface area contributed by atoms with Gasteiger partial charge in [0.25, 0.3) is 0 Å². The summed E-state index contributed by atoms with van der Waals surface area (Å²) < 4.78 is 11.0. The Balaban J connectivity index is 1.56. The minimum Gasteiger partial charge on any atom is -0.459 e. The Morgan fingerprint density at radius 2 is 1.06 bits per heavy atom. The van der Waals surface area contributed by atoms with Crippen LogP contribution in [0.4, 0.5) is 4.79 Å². The highest BCUT2D eigenvalue weighted by molar-refractivity contribution is 5.97. The number of rotatable bonds is 22. The quantitative estimate of drug-likeness (QED) is 0.0775. The van der Waals surface area contributed by atoms with Gasteiger partial charge in [-0.1, -0.05) is 133 Å². The second kappa shape index (κ2) is 25.6. The summed E-state index contributed by atoms with van der Waals surface area (Å²) in [4.78, 5) is 99.0. The highest BCUT2D eigenvalue weighted by Crippen LogP contribution is 2.21. The minimum atomic E-state index is -1.16. The Labute approximate surface area is 396 Å². The van der Waals surface area contributed by atoms with Gasteiger partial charge in [0.15, 0.2) is 0 Å². The largest absolute Gasteiger partial charge is 0.459 e. The van der Waals surface area contributed by atoms with Crippen molar-refractivity contribution in [1.82, 2.24) is 31.5 Å². The van der Waals surface area contributed by atoms with Crippen molar-refractivity contribution < 1.29 is 43.0 Å². The molecule has 0 radical (unpaired) electrons. The van der Waals surface area contributed by atoms with Gasteiger partial charge in [0.1, 0.15) is 48.5 Å². The van der Waals surface area contributed by atoms with Crippen molar-refractivity contribution in [3.8, 4) is 0 Å². The van der Waals surface area contributed by atoms with E-state index in [1.807, 2.05) is 119 Å².